The third kappa shape index (κ3) is 4.04. The van der Waals surface area contributed by atoms with Gasteiger partial charge >= 0.3 is 6.01 Å². The molecule has 0 unspecified atom stereocenters. The number of anilines is 2. The number of nitrogens with zero attached hydrogens (tertiary/aromatic N) is 6. The molecule has 2 N–H and O–H groups in total. The number of hydrogen-bond acceptors (Lipinski definition) is 10. The van der Waals surface area contributed by atoms with Crippen LogP contribution in [0.3, 0.4) is 0 Å². The molecule has 9 nitrogen and oxygen atoms in total. The van der Waals surface area contributed by atoms with E-state index >= 15 is 4.39 Å². The van der Waals surface area contributed by atoms with Crippen LogP contribution in [-0.4, -0.2) is 77.6 Å². The summed E-state index contributed by atoms with van der Waals surface area (Å²) in [5, 5.41) is 1.35. The third-order valence-corrected chi connectivity index (χ3v) is 10.4. The number of benzene rings is 1. The van der Waals surface area contributed by atoms with Crippen molar-refractivity contribution in [3.05, 3.63) is 34.5 Å². The summed E-state index contributed by atoms with van der Waals surface area (Å²) in [5.74, 6) is -0.547. The largest absolute Gasteiger partial charge is 0.461 e. The van der Waals surface area contributed by atoms with Gasteiger partial charge < -0.3 is 20.1 Å². The molecule has 7 heterocycles. The Hall–Kier alpha value is -3.55. The van der Waals surface area contributed by atoms with Crippen molar-refractivity contribution in [1.82, 2.24) is 19.9 Å². The lowest BCUT2D eigenvalue weighted by atomic mass is 9.93. The minimum atomic E-state index is -0.894. The molecule has 43 heavy (non-hydrogen) atoms. The maximum atomic E-state index is 17.0. The average molecular weight is 610 g/mol. The maximum absolute atomic E-state index is 17.0. The van der Waals surface area contributed by atoms with E-state index in [1.165, 1.54) is 0 Å². The molecule has 0 saturated carbocycles. The Morgan fingerprint density at radius 2 is 2.02 bits per heavy atom. The molecule has 2 atom stereocenters. The van der Waals surface area contributed by atoms with E-state index in [0.29, 0.717) is 45.7 Å². The second-order valence-electron chi connectivity index (χ2n) is 11.8. The number of halogens is 3. The first kappa shape index (κ1) is 27.0. The summed E-state index contributed by atoms with van der Waals surface area (Å²) in [5.41, 5.74) is 8.32. The van der Waals surface area contributed by atoms with Crippen molar-refractivity contribution in [3.63, 3.8) is 0 Å². The number of aliphatic imine (C=N–C) groups is 1. The highest BCUT2D eigenvalue weighted by Gasteiger charge is 2.49. The maximum Gasteiger partial charge on any atom is 0.319 e. The molecular weight excluding hydrogens is 579 g/mol. The molecule has 0 spiro atoms. The van der Waals surface area contributed by atoms with Gasteiger partial charge in [-0.05, 0) is 36.9 Å². The Kier molecular flexibility index (Phi) is 6.28. The highest BCUT2D eigenvalue weighted by atomic mass is 32.1. The zero-order chi connectivity index (χ0) is 29.5. The molecule has 3 saturated heterocycles. The second kappa shape index (κ2) is 10.00. The smallest absolute Gasteiger partial charge is 0.319 e. The first-order valence-electron chi connectivity index (χ1n) is 14.6. The Morgan fingerprint density at radius 1 is 1.19 bits per heavy atom. The molecular formula is C30H30F3N7O2S. The fourth-order valence-electron chi connectivity index (χ4n) is 7.26. The number of nitrogens with two attached hydrogens (primary N) is 1. The molecule has 3 aromatic heterocycles. The Morgan fingerprint density at radius 3 is 2.81 bits per heavy atom. The second-order valence-corrected chi connectivity index (χ2v) is 12.9. The predicted molar refractivity (Wildman–Crippen MR) is 160 cm³/mol. The number of thiophene rings is 1. The summed E-state index contributed by atoms with van der Waals surface area (Å²) in [6.45, 7) is 3.44. The first-order valence-corrected chi connectivity index (χ1v) is 15.4. The lowest BCUT2D eigenvalue weighted by Gasteiger charge is -2.34. The quantitative estimate of drug-likeness (QED) is 0.305. The first-order chi connectivity index (χ1) is 20.9. The predicted octanol–water partition coefficient (Wildman–Crippen LogP) is 5.01. The molecule has 0 bridgehead atoms. The molecule has 8 rings (SSSR count). The van der Waals surface area contributed by atoms with Crippen molar-refractivity contribution in [2.75, 3.05) is 50.5 Å². The minimum Gasteiger partial charge on any atom is -0.461 e. The van der Waals surface area contributed by atoms with Crippen LogP contribution in [0.2, 0.25) is 0 Å². The SMILES string of the molecule is CN=Cc1c(N)sc2c(F)cnc(-c3c4c(c5c(N6CCC6)nc(OC[C@@]67CCCN6C[C@H](F)C7)nc5c3F)COC4)c12. The van der Waals surface area contributed by atoms with Crippen LogP contribution >= 0.6 is 11.3 Å². The molecule has 13 heteroatoms. The van der Waals surface area contributed by atoms with Crippen molar-refractivity contribution in [2.24, 2.45) is 4.99 Å². The normalized spacial score (nSPS) is 23.5. The lowest BCUT2D eigenvalue weighted by Crippen LogP contribution is -2.43. The molecule has 4 aliphatic heterocycles. The van der Waals surface area contributed by atoms with Gasteiger partial charge in [0.05, 0.1) is 45.7 Å². The van der Waals surface area contributed by atoms with Crippen molar-refractivity contribution in [2.45, 2.75) is 50.6 Å². The van der Waals surface area contributed by atoms with Gasteiger partial charge in [-0.15, -0.1) is 11.3 Å². The van der Waals surface area contributed by atoms with Crippen molar-refractivity contribution in [3.8, 4) is 17.3 Å². The molecule has 0 aliphatic carbocycles. The molecule has 0 amide bonds. The third-order valence-electron chi connectivity index (χ3n) is 9.37. The average Bonchev–Trinajstić information content (AvgIpc) is 3.72. The highest BCUT2D eigenvalue weighted by molar-refractivity contribution is 7.23. The summed E-state index contributed by atoms with van der Waals surface area (Å²) in [6, 6.07) is 0.0532. The van der Waals surface area contributed by atoms with E-state index in [4.69, 9.17) is 20.2 Å². The number of pyridine rings is 1. The number of fused-ring (bicyclic) bond motifs is 5. The van der Waals surface area contributed by atoms with Gasteiger partial charge in [0.1, 0.15) is 24.1 Å². The lowest BCUT2D eigenvalue weighted by molar-refractivity contribution is 0.107. The number of alkyl halides is 1. The topological polar surface area (TPSA) is 102 Å². The van der Waals surface area contributed by atoms with Crippen LogP contribution in [0.5, 0.6) is 6.01 Å². The number of hydrogen-bond donors (Lipinski definition) is 1. The zero-order valence-electron chi connectivity index (χ0n) is 23.6. The Balaban J connectivity index is 1.33. The van der Waals surface area contributed by atoms with Gasteiger partial charge in [0.15, 0.2) is 11.6 Å². The van der Waals surface area contributed by atoms with Crippen LogP contribution in [0.25, 0.3) is 32.2 Å². The van der Waals surface area contributed by atoms with E-state index in [0.717, 1.165) is 62.0 Å². The molecule has 224 valence electrons. The van der Waals surface area contributed by atoms with Gasteiger partial charge in [-0.25, -0.2) is 13.2 Å². The van der Waals surface area contributed by atoms with Crippen molar-refractivity contribution >= 4 is 49.4 Å². The molecule has 0 radical (unpaired) electrons. The van der Waals surface area contributed by atoms with Gasteiger partial charge in [-0.2, -0.15) is 9.97 Å². The van der Waals surface area contributed by atoms with Gasteiger partial charge in [0.25, 0.3) is 0 Å². The fourth-order valence-corrected chi connectivity index (χ4v) is 8.21. The van der Waals surface area contributed by atoms with E-state index in [1.807, 2.05) is 0 Å². The fraction of sp³-hybridized carbons (Fsp3) is 0.467. The van der Waals surface area contributed by atoms with Gasteiger partial charge in [0, 0.05) is 55.8 Å². The van der Waals surface area contributed by atoms with Crippen LogP contribution in [0.1, 0.15) is 42.4 Å². The van der Waals surface area contributed by atoms with E-state index < -0.39 is 23.3 Å². The van der Waals surface area contributed by atoms with Crippen LogP contribution in [0, 0.1) is 11.6 Å². The van der Waals surface area contributed by atoms with E-state index in [9.17, 15) is 8.78 Å². The Bertz CT molecular complexity index is 1830. The van der Waals surface area contributed by atoms with E-state index in [-0.39, 0.29) is 47.3 Å². The molecule has 1 aromatic carbocycles. The summed E-state index contributed by atoms with van der Waals surface area (Å²) in [6.07, 6.45) is 4.96. The van der Waals surface area contributed by atoms with Crippen LogP contribution in [-0.2, 0) is 18.0 Å². The zero-order valence-corrected chi connectivity index (χ0v) is 24.4. The van der Waals surface area contributed by atoms with Crippen molar-refractivity contribution in [1.29, 1.82) is 0 Å². The summed E-state index contributed by atoms with van der Waals surface area (Å²) in [4.78, 5) is 22.2. The molecule has 4 aliphatic rings. The van der Waals surface area contributed by atoms with Crippen LogP contribution in [0.4, 0.5) is 24.0 Å². The van der Waals surface area contributed by atoms with Crippen LogP contribution < -0.4 is 15.4 Å². The number of rotatable bonds is 6. The summed E-state index contributed by atoms with van der Waals surface area (Å²) < 4.78 is 58.8. The van der Waals surface area contributed by atoms with Crippen LogP contribution in [0.15, 0.2) is 11.2 Å². The summed E-state index contributed by atoms with van der Waals surface area (Å²) >= 11 is 1.08. The monoisotopic (exact) mass is 609 g/mol. The number of ether oxygens (including phenoxy) is 2. The highest BCUT2D eigenvalue weighted by Crippen LogP contribution is 2.47. The molecule has 3 fully saturated rings. The van der Waals surface area contributed by atoms with E-state index in [2.05, 4.69) is 24.8 Å². The van der Waals surface area contributed by atoms with Gasteiger partial charge in [-0.3, -0.25) is 14.9 Å². The standard InChI is InChI=1S/C30H30F3N7O2S/c1-35-9-16-21-24(36-10-19(32)26(21)43-27(16)34)20-17-12-41-13-18(17)22-25(23(20)33)37-29(38-28(22)39-5-3-6-39)42-14-30-4-2-7-40(30)11-15(31)8-30/h9-10,15H,2-8,11-14,34H2,1H3/t15-,30+/m1/s1. The molecule has 4 aromatic rings. The Labute approximate surface area is 249 Å². The van der Waals surface area contributed by atoms with E-state index in [1.54, 1.807) is 13.3 Å². The van der Waals surface area contributed by atoms with Gasteiger partial charge in [0.2, 0.25) is 0 Å². The summed E-state index contributed by atoms with van der Waals surface area (Å²) in [7, 11) is 1.59. The minimum absolute atomic E-state index is 0.0532. The number of nitrogen functional groups attached to an aromatic ring is 1. The van der Waals surface area contributed by atoms with Gasteiger partial charge in [-0.1, -0.05) is 0 Å². The number of aromatic nitrogens is 3. The van der Waals surface area contributed by atoms with Crippen molar-refractivity contribution < 1.29 is 22.6 Å².